The van der Waals surface area contributed by atoms with Gasteiger partial charge >= 0.3 is 0 Å². The molecule has 0 aliphatic heterocycles. The summed E-state index contributed by atoms with van der Waals surface area (Å²) in [5, 5.41) is 13.5. The van der Waals surface area contributed by atoms with Crippen LogP contribution in [0.4, 0.5) is 11.4 Å². The Hall–Kier alpha value is -2.78. The van der Waals surface area contributed by atoms with E-state index in [2.05, 4.69) is 5.32 Å². The van der Waals surface area contributed by atoms with Crippen LogP contribution >= 0.6 is 0 Å². The molecular formula is C21H27N3O5S. The number of nitrogens with one attached hydrogen (secondary N) is 1. The van der Waals surface area contributed by atoms with Gasteiger partial charge in [-0.15, -0.1) is 0 Å². The average Bonchev–Trinajstić information content (AvgIpc) is 2.67. The van der Waals surface area contributed by atoms with E-state index in [1.807, 2.05) is 27.7 Å². The van der Waals surface area contributed by atoms with Crippen LogP contribution in [-0.4, -0.2) is 36.6 Å². The number of hydrogen-bond acceptors (Lipinski definition) is 5. The zero-order valence-electron chi connectivity index (χ0n) is 17.5. The van der Waals surface area contributed by atoms with Crippen molar-refractivity contribution >= 4 is 27.3 Å². The lowest BCUT2D eigenvalue weighted by atomic mass is 10.2. The monoisotopic (exact) mass is 433 g/mol. The summed E-state index contributed by atoms with van der Waals surface area (Å²) in [6.45, 7) is 8.72. The van der Waals surface area contributed by atoms with Gasteiger partial charge in [0.1, 0.15) is 0 Å². The standard InChI is InChI=1S/C21H27N3O5S/c1-15(2)13-23(14-16(3)4)30(28,29)20-10-8-18(9-11-20)22-21(25)17-6-5-7-19(12-17)24(26)27/h5-12,15-16H,13-14H2,1-4H3,(H,22,25). The van der Waals surface area contributed by atoms with E-state index < -0.39 is 20.9 Å². The van der Waals surface area contributed by atoms with Gasteiger partial charge in [0.05, 0.1) is 9.82 Å². The zero-order valence-corrected chi connectivity index (χ0v) is 18.3. The summed E-state index contributed by atoms with van der Waals surface area (Å²) >= 11 is 0. The minimum atomic E-state index is -3.66. The predicted octanol–water partition coefficient (Wildman–Crippen LogP) is 4.15. The van der Waals surface area contributed by atoms with Crippen molar-refractivity contribution in [2.75, 3.05) is 18.4 Å². The summed E-state index contributed by atoms with van der Waals surface area (Å²) in [4.78, 5) is 22.8. The van der Waals surface area contributed by atoms with Gasteiger partial charge in [0.15, 0.2) is 0 Å². The van der Waals surface area contributed by atoms with Crippen molar-refractivity contribution in [1.82, 2.24) is 4.31 Å². The van der Waals surface area contributed by atoms with E-state index in [4.69, 9.17) is 0 Å². The molecule has 0 spiro atoms. The normalized spacial score (nSPS) is 11.8. The van der Waals surface area contributed by atoms with Crippen molar-refractivity contribution in [2.45, 2.75) is 32.6 Å². The number of nitro groups is 1. The Bertz CT molecular complexity index is 992. The Morgan fingerprint density at radius 1 is 1.03 bits per heavy atom. The molecule has 8 nitrogen and oxygen atoms in total. The number of carbonyl (C=O) groups is 1. The minimum absolute atomic E-state index is 0.140. The van der Waals surface area contributed by atoms with Crippen LogP contribution in [0.25, 0.3) is 0 Å². The first-order valence-electron chi connectivity index (χ1n) is 9.66. The minimum Gasteiger partial charge on any atom is -0.322 e. The number of nitrogens with zero attached hydrogens (tertiary/aromatic N) is 2. The fourth-order valence-electron chi connectivity index (χ4n) is 2.91. The van der Waals surface area contributed by atoms with E-state index in [1.54, 1.807) is 0 Å². The lowest BCUT2D eigenvalue weighted by Crippen LogP contribution is -2.37. The first kappa shape index (κ1) is 23.5. The predicted molar refractivity (Wildman–Crippen MR) is 116 cm³/mol. The Kier molecular flexibility index (Phi) is 7.69. The fourth-order valence-corrected chi connectivity index (χ4v) is 4.68. The highest BCUT2D eigenvalue weighted by Crippen LogP contribution is 2.21. The molecule has 1 N–H and O–H groups in total. The number of rotatable bonds is 9. The fraction of sp³-hybridized carbons (Fsp3) is 0.381. The molecule has 0 atom stereocenters. The highest BCUT2D eigenvalue weighted by Gasteiger charge is 2.26. The lowest BCUT2D eigenvalue weighted by Gasteiger charge is -2.25. The number of benzene rings is 2. The lowest BCUT2D eigenvalue weighted by molar-refractivity contribution is -0.384. The maximum absolute atomic E-state index is 13.0. The van der Waals surface area contributed by atoms with Gasteiger partial charge in [0.2, 0.25) is 10.0 Å². The summed E-state index contributed by atoms with van der Waals surface area (Å²) < 4.78 is 27.6. The molecule has 0 aliphatic carbocycles. The first-order valence-corrected chi connectivity index (χ1v) is 11.1. The summed E-state index contributed by atoms with van der Waals surface area (Å²) in [6, 6.07) is 11.3. The van der Waals surface area contributed by atoms with Gasteiger partial charge in [-0.1, -0.05) is 33.8 Å². The molecule has 0 aliphatic rings. The Balaban J connectivity index is 2.19. The van der Waals surface area contributed by atoms with Gasteiger partial charge in [-0.3, -0.25) is 14.9 Å². The molecule has 2 rings (SSSR count). The molecule has 0 bridgehead atoms. The highest BCUT2D eigenvalue weighted by atomic mass is 32.2. The SMILES string of the molecule is CC(C)CN(CC(C)C)S(=O)(=O)c1ccc(NC(=O)c2cccc([N+](=O)[O-])c2)cc1. The molecule has 1 amide bonds. The Morgan fingerprint density at radius 3 is 2.10 bits per heavy atom. The topological polar surface area (TPSA) is 110 Å². The van der Waals surface area contributed by atoms with Crippen molar-refractivity contribution in [3.8, 4) is 0 Å². The van der Waals surface area contributed by atoms with E-state index in [0.717, 1.165) is 0 Å². The summed E-state index contributed by atoms with van der Waals surface area (Å²) in [5.41, 5.74) is 0.352. The molecule has 9 heteroatoms. The van der Waals surface area contributed by atoms with Crippen LogP contribution < -0.4 is 5.32 Å². The van der Waals surface area contributed by atoms with Crippen LogP contribution in [-0.2, 0) is 10.0 Å². The largest absolute Gasteiger partial charge is 0.322 e. The van der Waals surface area contributed by atoms with Gasteiger partial charge in [-0.2, -0.15) is 4.31 Å². The van der Waals surface area contributed by atoms with Crippen LogP contribution in [0.1, 0.15) is 38.1 Å². The van der Waals surface area contributed by atoms with E-state index in [9.17, 15) is 23.3 Å². The van der Waals surface area contributed by atoms with E-state index in [0.29, 0.717) is 18.8 Å². The molecule has 2 aromatic carbocycles. The number of anilines is 1. The number of nitro benzene ring substituents is 1. The van der Waals surface area contributed by atoms with Crippen LogP contribution in [0.3, 0.4) is 0 Å². The van der Waals surface area contributed by atoms with Crippen molar-refractivity contribution in [3.05, 3.63) is 64.2 Å². The summed E-state index contributed by atoms with van der Waals surface area (Å²) in [6.07, 6.45) is 0. The second-order valence-electron chi connectivity index (χ2n) is 7.90. The third-order valence-electron chi connectivity index (χ3n) is 4.21. The Labute approximate surface area is 177 Å². The average molecular weight is 434 g/mol. The number of non-ortho nitro benzene ring substituents is 1. The van der Waals surface area contributed by atoms with Crippen LogP contribution in [0.2, 0.25) is 0 Å². The maximum atomic E-state index is 13.0. The Morgan fingerprint density at radius 2 is 1.60 bits per heavy atom. The van der Waals surface area contributed by atoms with Crippen LogP contribution in [0.15, 0.2) is 53.4 Å². The molecular weight excluding hydrogens is 406 g/mol. The molecule has 2 aromatic rings. The summed E-state index contributed by atoms with van der Waals surface area (Å²) in [5.74, 6) is -0.144. The first-order chi connectivity index (χ1) is 14.0. The summed E-state index contributed by atoms with van der Waals surface area (Å²) in [7, 11) is -3.66. The van der Waals surface area contributed by atoms with Crippen molar-refractivity contribution in [3.63, 3.8) is 0 Å². The van der Waals surface area contributed by atoms with Gasteiger partial charge in [-0.05, 0) is 42.2 Å². The second kappa shape index (κ2) is 9.82. The van der Waals surface area contributed by atoms with E-state index >= 15 is 0 Å². The molecule has 162 valence electrons. The zero-order chi connectivity index (χ0) is 22.5. The molecule has 0 radical (unpaired) electrons. The van der Waals surface area contributed by atoms with Crippen molar-refractivity contribution < 1.29 is 18.1 Å². The molecule has 0 aromatic heterocycles. The van der Waals surface area contributed by atoms with E-state index in [1.165, 1.54) is 52.8 Å². The molecule has 0 fully saturated rings. The van der Waals surface area contributed by atoms with Gasteiger partial charge in [0, 0.05) is 36.5 Å². The van der Waals surface area contributed by atoms with E-state index in [-0.39, 0.29) is 28.0 Å². The number of amides is 1. The molecule has 0 saturated heterocycles. The smallest absolute Gasteiger partial charge is 0.270 e. The highest BCUT2D eigenvalue weighted by molar-refractivity contribution is 7.89. The van der Waals surface area contributed by atoms with Gasteiger partial charge in [-0.25, -0.2) is 8.42 Å². The second-order valence-corrected chi connectivity index (χ2v) is 9.83. The third kappa shape index (κ3) is 6.11. The van der Waals surface area contributed by atoms with Gasteiger partial charge < -0.3 is 5.32 Å². The number of carbonyl (C=O) groups excluding carboxylic acids is 1. The molecule has 0 heterocycles. The van der Waals surface area contributed by atoms with Crippen molar-refractivity contribution in [1.29, 1.82) is 0 Å². The molecule has 0 unspecified atom stereocenters. The third-order valence-corrected chi connectivity index (χ3v) is 6.05. The van der Waals surface area contributed by atoms with Crippen LogP contribution in [0, 0.1) is 22.0 Å². The molecule has 0 saturated carbocycles. The van der Waals surface area contributed by atoms with Gasteiger partial charge in [0.25, 0.3) is 11.6 Å². The number of hydrogen-bond donors (Lipinski definition) is 1. The van der Waals surface area contributed by atoms with Crippen molar-refractivity contribution in [2.24, 2.45) is 11.8 Å². The number of sulfonamides is 1. The quantitative estimate of drug-likeness (QED) is 0.472. The van der Waals surface area contributed by atoms with Crippen LogP contribution in [0.5, 0.6) is 0 Å². The molecule has 30 heavy (non-hydrogen) atoms. The maximum Gasteiger partial charge on any atom is 0.270 e.